The highest BCUT2D eigenvalue weighted by atomic mass is 35.5. The number of carbonyl (C=O) groups is 1. The molecule has 0 atom stereocenters. The fraction of sp³-hybridized carbons (Fsp3) is 0.231. The minimum absolute atomic E-state index is 0.219. The van der Waals surface area contributed by atoms with Crippen LogP contribution in [0.5, 0.6) is 11.5 Å². The highest BCUT2D eigenvalue weighted by molar-refractivity contribution is 6.33. The molecule has 0 saturated heterocycles. The van der Waals surface area contributed by atoms with E-state index in [0.29, 0.717) is 27.8 Å². The van der Waals surface area contributed by atoms with Crippen LogP contribution in [0.4, 0.5) is 0 Å². The molecule has 0 bridgehead atoms. The van der Waals surface area contributed by atoms with Crippen LogP contribution >= 0.6 is 11.6 Å². The number of ether oxygens (including phenoxy) is 2. The van der Waals surface area contributed by atoms with Gasteiger partial charge in [0.2, 0.25) is 5.78 Å². The first-order valence-corrected chi connectivity index (χ1v) is 5.90. The van der Waals surface area contributed by atoms with E-state index in [1.54, 1.807) is 36.1 Å². The van der Waals surface area contributed by atoms with Crippen LogP contribution < -0.4 is 9.47 Å². The van der Waals surface area contributed by atoms with Crippen molar-refractivity contribution in [2.75, 3.05) is 14.2 Å². The zero-order valence-electron chi connectivity index (χ0n) is 10.8. The van der Waals surface area contributed by atoms with Crippen LogP contribution in [0.15, 0.2) is 24.4 Å². The molecule has 0 spiro atoms. The van der Waals surface area contributed by atoms with Crippen molar-refractivity contribution in [2.45, 2.75) is 0 Å². The molecule has 5 nitrogen and oxygen atoms in total. The van der Waals surface area contributed by atoms with Gasteiger partial charge in [0.15, 0.2) is 11.5 Å². The first-order valence-electron chi connectivity index (χ1n) is 5.52. The molecule has 0 fully saturated rings. The van der Waals surface area contributed by atoms with Crippen molar-refractivity contribution in [3.63, 3.8) is 0 Å². The van der Waals surface area contributed by atoms with E-state index in [1.165, 1.54) is 14.2 Å². The third-order valence-electron chi connectivity index (χ3n) is 2.64. The number of carbonyl (C=O) groups excluding carboxylic acids is 1. The number of rotatable bonds is 4. The van der Waals surface area contributed by atoms with Gasteiger partial charge in [-0.1, -0.05) is 11.6 Å². The molecule has 19 heavy (non-hydrogen) atoms. The average Bonchev–Trinajstić information content (AvgIpc) is 2.83. The maximum absolute atomic E-state index is 12.2. The third kappa shape index (κ3) is 2.56. The van der Waals surface area contributed by atoms with Gasteiger partial charge in [-0.3, -0.25) is 9.48 Å². The van der Waals surface area contributed by atoms with Crippen LogP contribution in [-0.2, 0) is 7.05 Å². The highest BCUT2D eigenvalue weighted by Gasteiger charge is 2.17. The number of methoxy groups -OCH3 is 2. The molecule has 1 aromatic heterocycles. The summed E-state index contributed by atoms with van der Waals surface area (Å²) >= 11 is 6.07. The Balaban J connectivity index is 2.46. The molecule has 1 aromatic carbocycles. The minimum Gasteiger partial charge on any atom is -0.493 e. The van der Waals surface area contributed by atoms with Gasteiger partial charge in [-0.15, -0.1) is 0 Å². The summed E-state index contributed by atoms with van der Waals surface area (Å²) in [4.78, 5) is 12.2. The van der Waals surface area contributed by atoms with Gasteiger partial charge in [0, 0.05) is 18.8 Å². The Morgan fingerprint density at radius 1 is 1.32 bits per heavy atom. The fourth-order valence-electron chi connectivity index (χ4n) is 1.73. The monoisotopic (exact) mass is 280 g/mol. The summed E-state index contributed by atoms with van der Waals surface area (Å²) in [6, 6.07) is 4.77. The molecule has 0 radical (unpaired) electrons. The van der Waals surface area contributed by atoms with Crippen molar-refractivity contribution in [1.82, 2.24) is 9.78 Å². The number of ketones is 1. The van der Waals surface area contributed by atoms with Gasteiger partial charge in [0.1, 0.15) is 5.69 Å². The first kappa shape index (κ1) is 13.4. The Morgan fingerprint density at radius 2 is 2.05 bits per heavy atom. The molecule has 0 aliphatic carbocycles. The van der Waals surface area contributed by atoms with Crippen molar-refractivity contribution in [3.8, 4) is 11.5 Å². The summed E-state index contributed by atoms with van der Waals surface area (Å²) in [5, 5.41) is 4.39. The zero-order valence-corrected chi connectivity index (χ0v) is 11.6. The molecule has 2 rings (SSSR count). The smallest absolute Gasteiger partial charge is 0.213 e. The lowest BCUT2D eigenvalue weighted by Gasteiger charge is -2.10. The second-order valence-corrected chi connectivity index (χ2v) is 4.30. The molecule has 0 unspecified atom stereocenters. The molecule has 100 valence electrons. The number of halogens is 1. The van der Waals surface area contributed by atoms with E-state index in [4.69, 9.17) is 21.1 Å². The molecule has 0 N–H and O–H groups in total. The van der Waals surface area contributed by atoms with Crippen molar-refractivity contribution in [2.24, 2.45) is 7.05 Å². The largest absolute Gasteiger partial charge is 0.493 e. The number of aryl methyl sites for hydroxylation is 1. The van der Waals surface area contributed by atoms with Gasteiger partial charge < -0.3 is 9.47 Å². The van der Waals surface area contributed by atoms with Gasteiger partial charge in [-0.2, -0.15) is 5.10 Å². The Morgan fingerprint density at radius 3 is 2.58 bits per heavy atom. The van der Waals surface area contributed by atoms with E-state index in [1.807, 2.05) is 0 Å². The Labute approximate surface area is 115 Å². The highest BCUT2D eigenvalue weighted by Crippen LogP contribution is 2.36. The number of hydrogen-bond donors (Lipinski definition) is 0. The second-order valence-electron chi connectivity index (χ2n) is 3.90. The summed E-state index contributed by atoms with van der Waals surface area (Å²) < 4.78 is 11.9. The normalized spacial score (nSPS) is 10.3. The number of benzene rings is 1. The van der Waals surface area contributed by atoms with Gasteiger partial charge >= 0.3 is 0 Å². The molecule has 0 aliphatic heterocycles. The summed E-state index contributed by atoms with van der Waals surface area (Å²) in [5.41, 5.74) is 0.757. The van der Waals surface area contributed by atoms with Crippen molar-refractivity contribution in [1.29, 1.82) is 0 Å². The molecule has 0 amide bonds. The van der Waals surface area contributed by atoms with E-state index >= 15 is 0 Å². The minimum atomic E-state index is -0.219. The Kier molecular flexibility index (Phi) is 3.76. The molecule has 2 aromatic rings. The van der Waals surface area contributed by atoms with E-state index in [-0.39, 0.29) is 5.78 Å². The maximum Gasteiger partial charge on any atom is 0.213 e. The SMILES string of the molecule is COc1cc(C(=O)c2ccn(C)n2)cc(Cl)c1OC. The van der Waals surface area contributed by atoms with Crippen LogP contribution in [0, 0.1) is 0 Å². The van der Waals surface area contributed by atoms with Gasteiger partial charge in [0.05, 0.1) is 19.2 Å². The van der Waals surface area contributed by atoms with Gasteiger partial charge in [-0.25, -0.2) is 0 Å². The molecular weight excluding hydrogens is 268 g/mol. The second kappa shape index (κ2) is 5.32. The van der Waals surface area contributed by atoms with E-state index < -0.39 is 0 Å². The van der Waals surface area contributed by atoms with Crippen LogP contribution in [0.1, 0.15) is 16.1 Å². The van der Waals surface area contributed by atoms with E-state index in [2.05, 4.69) is 5.10 Å². The van der Waals surface area contributed by atoms with Crippen molar-refractivity contribution in [3.05, 3.63) is 40.7 Å². The third-order valence-corrected chi connectivity index (χ3v) is 2.92. The lowest BCUT2D eigenvalue weighted by Crippen LogP contribution is -2.04. The van der Waals surface area contributed by atoms with E-state index in [9.17, 15) is 4.79 Å². The summed E-state index contributed by atoms with van der Waals surface area (Å²) in [7, 11) is 4.73. The summed E-state index contributed by atoms with van der Waals surface area (Å²) in [5.74, 6) is 0.597. The Bertz CT molecular complexity index is 622. The first-order chi connectivity index (χ1) is 9.06. The lowest BCUT2D eigenvalue weighted by molar-refractivity contribution is 0.103. The van der Waals surface area contributed by atoms with Crippen LogP contribution in [0.2, 0.25) is 5.02 Å². The average molecular weight is 281 g/mol. The van der Waals surface area contributed by atoms with Crippen molar-refractivity contribution >= 4 is 17.4 Å². The van der Waals surface area contributed by atoms with Crippen LogP contribution in [-0.4, -0.2) is 29.8 Å². The lowest BCUT2D eigenvalue weighted by atomic mass is 10.1. The molecular formula is C13H13ClN2O3. The van der Waals surface area contributed by atoms with Gasteiger partial charge in [0.25, 0.3) is 0 Å². The topological polar surface area (TPSA) is 53.4 Å². The summed E-state index contributed by atoms with van der Waals surface area (Å²) in [6.45, 7) is 0. The predicted octanol–water partition coefficient (Wildman–Crippen LogP) is 2.32. The molecule has 1 heterocycles. The number of hydrogen-bond acceptors (Lipinski definition) is 4. The zero-order chi connectivity index (χ0) is 14.0. The molecule has 6 heteroatoms. The Hall–Kier alpha value is -2.01. The fourth-order valence-corrected chi connectivity index (χ4v) is 2.02. The van der Waals surface area contributed by atoms with E-state index in [0.717, 1.165) is 0 Å². The standard InChI is InChI=1S/C13H13ClN2O3/c1-16-5-4-10(15-16)12(17)8-6-9(14)13(19-3)11(7-8)18-2/h4-7H,1-3H3. The number of aromatic nitrogens is 2. The number of nitrogens with zero attached hydrogens (tertiary/aromatic N) is 2. The van der Waals surface area contributed by atoms with Crippen LogP contribution in [0.25, 0.3) is 0 Å². The predicted molar refractivity (Wildman–Crippen MR) is 71.2 cm³/mol. The molecule has 0 aliphatic rings. The van der Waals surface area contributed by atoms with Crippen molar-refractivity contribution < 1.29 is 14.3 Å². The van der Waals surface area contributed by atoms with Crippen LogP contribution in [0.3, 0.4) is 0 Å². The maximum atomic E-state index is 12.2. The summed E-state index contributed by atoms with van der Waals surface area (Å²) in [6.07, 6.45) is 1.70. The quantitative estimate of drug-likeness (QED) is 0.807. The molecule has 0 saturated carbocycles. The van der Waals surface area contributed by atoms with Gasteiger partial charge in [-0.05, 0) is 18.2 Å².